The van der Waals surface area contributed by atoms with Crippen molar-refractivity contribution in [2.24, 2.45) is 0 Å². The summed E-state index contributed by atoms with van der Waals surface area (Å²) in [6.45, 7) is 7.94. The molecule has 0 radical (unpaired) electrons. The van der Waals surface area contributed by atoms with E-state index in [1.807, 2.05) is 26.8 Å². The molecule has 0 saturated heterocycles. The van der Waals surface area contributed by atoms with Crippen LogP contribution < -0.4 is 4.46 Å². The zero-order chi connectivity index (χ0) is 13.3. The summed E-state index contributed by atoms with van der Waals surface area (Å²) in [6.07, 6.45) is 0. The molecule has 102 valence electrons. The van der Waals surface area contributed by atoms with Crippen LogP contribution in [0.2, 0.25) is 4.94 Å². The summed E-state index contributed by atoms with van der Waals surface area (Å²) in [5, 5.41) is 0. The van der Waals surface area contributed by atoms with E-state index in [9.17, 15) is 0 Å². The molecule has 5 heteroatoms. The molecule has 0 aliphatic rings. The van der Waals surface area contributed by atoms with Crippen molar-refractivity contribution in [1.29, 1.82) is 0 Å². The second-order valence-corrected chi connectivity index (χ2v) is 9.52. The van der Waals surface area contributed by atoms with Crippen molar-refractivity contribution in [2.75, 3.05) is 19.8 Å². The fraction of sp³-hybridized carbons (Fsp3) is 0.538. The van der Waals surface area contributed by atoms with E-state index in [4.69, 9.17) is 13.3 Å². The molecule has 0 atom stereocenters. The molecule has 0 saturated carbocycles. The molecule has 18 heavy (non-hydrogen) atoms. The van der Waals surface area contributed by atoms with E-state index < -0.39 is 8.80 Å². The van der Waals surface area contributed by atoms with Gasteiger partial charge in [0.05, 0.1) is 0 Å². The second kappa shape index (κ2) is 8.86. The minimum absolute atomic E-state index is 0.340. The van der Waals surface area contributed by atoms with E-state index in [0.29, 0.717) is 34.8 Å². The van der Waals surface area contributed by atoms with Crippen LogP contribution in [0, 0.1) is 0 Å². The predicted octanol–water partition coefficient (Wildman–Crippen LogP) is 2.02. The van der Waals surface area contributed by atoms with Crippen molar-refractivity contribution in [2.45, 2.75) is 25.7 Å². The molecule has 0 N–H and O–H groups in total. The molecule has 0 bridgehead atoms. The summed E-state index contributed by atoms with van der Waals surface area (Å²) >= 11 is 0.340. The van der Waals surface area contributed by atoms with Crippen LogP contribution in [0.25, 0.3) is 0 Å². The van der Waals surface area contributed by atoms with Crippen LogP contribution in [-0.2, 0) is 13.3 Å². The summed E-state index contributed by atoms with van der Waals surface area (Å²) in [7, 11) is -2.45. The van der Waals surface area contributed by atoms with Crippen molar-refractivity contribution >= 4 is 28.2 Å². The molecule has 0 aromatic heterocycles. The molecule has 0 fully saturated rings. The molecule has 0 unspecified atom stereocenters. The van der Waals surface area contributed by atoms with Gasteiger partial charge in [-0.2, -0.15) is 0 Å². The van der Waals surface area contributed by atoms with E-state index >= 15 is 0 Å². The van der Waals surface area contributed by atoms with Crippen LogP contribution in [0.1, 0.15) is 20.8 Å². The van der Waals surface area contributed by atoms with E-state index in [1.54, 1.807) is 0 Å². The molecule has 0 spiro atoms. The molecule has 0 heterocycles. The molecule has 1 rings (SSSR count). The Hall–Kier alpha value is -0.164. The Labute approximate surface area is 117 Å². The summed E-state index contributed by atoms with van der Waals surface area (Å²) in [4.78, 5) is 0.902. The van der Waals surface area contributed by atoms with E-state index in [0.717, 1.165) is 4.94 Å². The van der Waals surface area contributed by atoms with Crippen LogP contribution in [0.3, 0.4) is 0 Å². The molecular formula is C13H22O3SeSi. The van der Waals surface area contributed by atoms with Crippen LogP contribution in [0.4, 0.5) is 0 Å². The van der Waals surface area contributed by atoms with Gasteiger partial charge < -0.3 is 0 Å². The third-order valence-corrected chi connectivity index (χ3v) is 9.34. The topological polar surface area (TPSA) is 27.7 Å². The van der Waals surface area contributed by atoms with Gasteiger partial charge in [-0.3, -0.25) is 0 Å². The third kappa shape index (κ3) is 5.22. The van der Waals surface area contributed by atoms with Crippen molar-refractivity contribution in [3.8, 4) is 0 Å². The molecular weight excluding hydrogens is 311 g/mol. The Morgan fingerprint density at radius 1 is 0.889 bits per heavy atom. The Bertz CT molecular complexity index is 304. The summed E-state index contributed by atoms with van der Waals surface area (Å²) in [5.41, 5.74) is 0. The molecule has 0 aliphatic carbocycles. The van der Waals surface area contributed by atoms with Crippen LogP contribution in [0.15, 0.2) is 30.3 Å². The number of hydrogen-bond acceptors (Lipinski definition) is 3. The van der Waals surface area contributed by atoms with Gasteiger partial charge in [0.25, 0.3) is 0 Å². The molecule has 1 aromatic carbocycles. The van der Waals surface area contributed by atoms with Gasteiger partial charge in [0.2, 0.25) is 0 Å². The van der Waals surface area contributed by atoms with Gasteiger partial charge >= 0.3 is 117 Å². The Kier molecular flexibility index (Phi) is 7.82. The average Bonchev–Trinajstić information content (AvgIpc) is 2.39. The summed E-state index contributed by atoms with van der Waals surface area (Å²) in [5.74, 6) is 0. The van der Waals surface area contributed by atoms with Crippen molar-refractivity contribution in [3.63, 3.8) is 0 Å². The Balaban J connectivity index is 2.64. The van der Waals surface area contributed by atoms with Gasteiger partial charge in [-0.25, -0.2) is 0 Å². The molecule has 1 aromatic rings. The third-order valence-electron chi connectivity index (χ3n) is 2.25. The maximum absolute atomic E-state index is 5.84. The predicted molar refractivity (Wildman–Crippen MR) is 77.3 cm³/mol. The fourth-order valence-electron chi connectivity index (χ4n) is 1.60. The monoisotopic (exact) mass is 334 g/mol. The van der Waals surface area contributed by atoms with Gasteiger partial charge in [-0.05, 0) is 0 Å². The quantitative estimate of drug-likeness (QED) is 0.647. The van der Waals surface area contributed by atoms with Crippen LogP contribution >= 0.6 is 0 Å². The fourth-order valence-corrected chi connectivity index (χ4v) is 8.23. The molecule has 0 amide bonds. The first-order valence-corrected chi connectivity index (χ1v) is 10.4. The van der Waals surface area contributed by atoms with E-state index in [1.165, 1.54) is 4.46 Å². The summed E-state index contributed by atoms with van der Waals surface area (Å²) < 4.78 is 18.9. The molecule has 0 aliphatic heterocycles. The van der Waals surface area contributed by atoms with Gasteiger partial charge in [0.15, 0.2) is 0 Å². The standard InChI is InChI=1S/C13H22O3SeSi/c1-4-14-18(15-5-2,16-6-3)12-17-13-10-8-7-9-11-13/h7-11H,4-6,12H2,1-3H3. The van der Waals surface area contributed by atoms with Gasteiger partial charge in [-0.1, -0.05) is 0 Å². The number of rotatable bonds is 9. The SMILES string of the molecule is CCO[Si](C[Se]c1ccccc1)(OCC)OCC. The number of benzene rings is 1. The van der Waals surface area contributed by atoms with Gasteiger partial charge in [-0.15, -0.1) is 0 Å². The van der Waals surface area contributed by atoms with Crippen molar-refractivity contribution in [1.82, 2.24) is 0 Å². The molecule has 3 nitrogen and oxygen atoms in total. The van der Waals surface area contributed by atoms with Crippen LogP contribution in [-0.4, -0.2) is 43.6 Å². The van der Waals surface area contributed by atoms with Crippen molar-refractivity contribution in [3.05, 3.63) is 30.3 Å². The first-order chi connectivity index (χ1) is 8.76. The Morgan fingerprint density at radius 2 is 1.39 bits per heavy atom. The van der Waals surface area contributed by atoms with E-state index in [2.05, 4.69) is 24.3 Å². The zero-order valence-electron chi connectivity index (χ0n) is 11.3. The zero-order valence-corrected chi connectivity index (χ0v) is 14.1. The maximum atomic E-state index is 5.84. The first kappa shape index (κ1) is 15.9. The second-order valence-electron chi connectivity index (χ2n) is 3.58. The minimum atomic E-state index is -2.45. The van der Waals surface area contributed by atoms with Crippen LogP contribution in [0.5, 0.6) is 0 Å². The average molecular weight is 333 g/mol. The normalized spacial score (nSPS) is 11.7. The van der Waals surface area contributed by atoms with Gasteiger partial charge in [0, 0.05) is 0 Å². The Morgan fingerprint density at radius 3 is 1.83 bits per heavy atom. The van der Waals surface area contributed by atoms with E-state index in [-0.39, 0.29) is 0 Å². The summed E-state index contributed by atoms with van der Waals surface area (Å²) in [6, 6.07) is 10.5. The first-order valence-electron chi connectivity index (χ1n) is 6.36. The van der Waals surface area contributed by atoms with Crippen molar-refractivity contribution < 1.29 is 13.3 Å². The number of hydrogen-bond donors (Lipinski definition) is 0. The van der Waals surface area contributed by atoms with Gasteiger partial charge in [0.1, 0.15) is 0 Å².